The van der Waals surface area contributed by atoms with E-state index in [9.17, 15) is 14.4 Å². The van der Waals surface area contributed by atoms with Crippen molar-refractivity contribution in [3.05, 3.63) is 91.3 Å². The van der Waals surface area contributed by atoms with Crippen molar-refractivity contribution in [2.45, 2.75) is 26.3 Å². The lowest BCUT2D eigenvalue weighted by Crippen LogP contribution is -2.43. The van der Waals surface area contributed by atoms with Gasteiger partial charge in [0, 0.05) is 12.6 Å². The summed E-state index contributed by atoms with van der Waals surface area (Å²) in [5.41, 5.74) is 3.40. The summed E-state index contributed by atoms with van der Waals surface area (Å²) in [7, 11) is 1.26. The van der Waals surface area contributed by atoms with Gasteiger partial charge in [-0.3, -0.25) is 9.59 Å². The Morgan fingerprint density at radius 1 is 1.06 bits per heavy atom. The molecule has 0 unspecified atom stereocenters. The number of nitrogens with one attached hydrogen (secondary N) is 2. The Bertz CT molecular complexity index is 1200. The molecule has 3 rings (SSSR count). The third-order valence-corrected chi connectivity index (χ3v) is 5.92. The first-order valence-corrected chi connectivity index (χ1v) is 10.6. The van der Waals surface area contributed by atoms with Crippen molar-refractivity contribution in [2.75, 3.05) is 7.11 Å². The summed E-state index contributed by atoms with van der Waals surface area (Å²) in [6.45, 7) is 3.55. The zero-order valence-electron chi connectivity index (χ0n) is 17.8. The number of esters is 1. The fourth-order valence-electron chi connectivity index (χ4n) is 3.48. The number of carbonyl (C=O) groups excluding carboxylic acids is 2. The van der Waals surface area contributed by atoms with E-state index < -0.39 is 17.9 Å². The number of carbonyl (C=O) groups is 2. The fourth-order valence-corrected chi connectivity index (χ4v) is 3.93. The molecule has 0 radical (unpaired) electrons. The predicted molar refractivity (Wildman–Crippen MR) is 125 cm³/mol. The van der Waals surface area contributed by atoms with Crippen LogP contribution in [0.15, 0.2) is 53.5 Å². The SMILES string of the molecule is COC(=O)[C@H](Cc1ccc(-c2c(C)c(Cl)c[nH]c2=O)cc1)NC(=O)c1c(C)cccc1Cl. The molecule has 0 spiro atoms. The summed E-state index contributed by atoms with van der Waals surface area (Å²) in [4.78, 5) is 40.0. The molecule has 1 heterocycles. The molecule has 0 fully saturated rings. The first kappa shape index (κ1) is 23.6. The lowest BCUT2D eigenvalue weighted by atomic mass is 9.98. The fraction of sp³-hybridized carbons (Fsp3) is 0.208. The molecule has 0 aliphatic carbocycles. The minimum atomic E-state index is -0.912. The van der Waals surface area contributed by atoms with E-state index >= 15 is 0 Å². The van der Waals surface area contributed by atoms with Gasteiger partial charge in [0.2, 0.25) is 0 Å². The average Bonchev–Trinajstić information content (AvgIpc) is 2.76. The maximum Gasteiger partial charge on any atom is 0.328 e. The van der Waals surface area contributed by atoms with Crippen LogP contribution in [0.3, 0.4) is 0 Å². The summed E-state index contributed by atoms with van der Waals surface area (Å²) in [5, 5.41) is 3.48. The van der Waals surface area contributed by atoms with Crippen LogP contribution in [0.25, 0.3) is 11.1 Å². The Morgan fingerprint density at radius 2 is 1.75 bits per heavy atom. The van der Waals surface area contributed by atoms with Crippen molar-refractivity contribution in [2.24, 2.45) is 0 Å². The minimum Gasteiger partial charge on any atom is -0.467 e. The van der Waals surface area contributed by atoms with Crippen molar-refractivity contribution in [1.29, 1.82) is 0 Å². The van der Waals surface area contributed by atoms with E-state index in [4.69, 9.17) is 27.9 Å². The number of aryl methyl sites for hydroxylation is 1. The number of aromatic amines is 1. The summed E-state index contributed by atoms with van der Waals surface area (Å²) in [6.07, 6.45) is 1.66. The smallest absolute Gasteiger partial charge is 0.328 e. The highest BCUT2D eigenvalue weighted by Gasteiger charge is 2.24. The molecule has 32 heavy (non-hydrogen) atoms. The molecule has 8 heteroatoms. The number of ether oxygens (including phenoxy) is 1. The molecule has 1 atom stereocenters. The van der Waals surface area contributed by atoms with Crippen molar-refractivity contribution < 1.29 is 14.3 Å². The zero-order chi connectivity index (χ0) is 23.4. The molecule has 1 amide bonds. The third-order valence-electron chi connectivity index (χ3n) is 5.21. The van der Waals surface area contributed by atoms with Crippen LogP contribution < -0.4 is 10.9 Å². The normalized spacial score (nSPS) is 11.7. The second-order valence-corrected chi connectivity index (χ2v) is 8.16. The number of pyridine rings is 1. The topological polar surface area (TPSA) is 88.3 Å². The van der Waals surface area contributed by atoms with E-state index in [0.29, 0.717) is 37.9 Å². The summed E-state index contributed by atoms with van der Waals surface area (Å²) >= 11 is 12.3. The van der Waals surface area contributed by atoms with E-state index in [1.165, 1.54) is 13.3 Å². The quantitative estimate of drug-likeness (QED) is 0.517. The van der Waals surface area contributed by atoms with Crippen LogP contribution in [-0.4, -0.2) is 30.0 Å². The van der Waals surface area contributed by atoms with Crippen molar-refractivity contribution >= 4 is 35.1 Å². The molecule has 3 aromatic rings. The van der Waals surface area contributed by atoms with Crippen molar-refractivity contribution in [1.82, 2.24) is 10.3 Å². The van der Waals surface area contributed by atoms with Crippen LogP contribution >= 0.6 is 23.2 Å². The lowest BCUT2D eigenvalue weighted by molar-refractivity contribution is -0.142. The van der Waals surface area contributed by atoms with Gasteiger partial charge in [-0.1, -0.05) is 59.6 Å². The van der Waals surface area contributed by atoms with Gasteiger partial charge in [-0.05, 0) is 42.2 Å². The summed E-state index contributed by atoms with van der Waals surface area (Å²) in [6, 6.07) is 11.4. The minimum absolute atomic E-state index is 0.201. The second kappa shape index (κ2) is 10.0. The lowest BCUT2D eigenvalue weighted by Gasteiger charge is -2.18. The maximum absolute atomic E-state index is 12.8. The Morgan fingerprint density at radius 3 is 2.38 bits per heavy atom. The van der Waals surface area contributed by atoms with Crippen molar-refractivity contribution in [3.63, 3.8) is 0 Å². The second-order valence-electron chi connectivity index (χ2n) is 7.35. The molecule has 2 N–H and O–H groups in total. The summed E-state index contributed by atoms with van der Waals surface area (Å²) < 4.78 is 4.87. The van der Waals surface area contributed by atoms with E-state index in [0.717, 1.165) is 5.56 Å². The van der Waals surface area contributed by atoms with Gasteiger partial charge in [0.05, 0.1) is 28.3 Å². The van der Waals surface area contributed by atoms with E-state index in [1.807, 2.05) is 0 Å². The first-order valence-electron chi connectivity index (χ1n) is 9.83. The van der Waals surface area contributed by atoms with Gasteiger partial charge in [-0.15, -0.1) is 0 Å². The Labute approximate surface area is 195 Å². The van der Waals surface area contributed by atoms with Gasteiger partial charge in [-0.2, -0.15) is 0 Å². The van der Waals surface area contributed by atoms with Crippen LogP contribution in [-0.2, 0) is 16.0 Å². The third kappa shape index (κ3) is 5.03. The highest BCUT2D eigenvalue weighted by molar-refractivity contribution is 6.34. The molecular formula is C24H22Cl2N2O4. The molecule has 0 aliphatic rings. The van der Waals surface area contributed by atoms with Crippen LogP contribution in [0.1, 0.15) is 27.0 Å². The number of halogens is 2. The largest absolute Gasteiger partial charge is 0.467 e. The average molecular weight is 473 g/mol. The maximum atomic E-state index is 12.8. The molecule has 0 aliphatic heterocycles. The predicted octanol–water partition coefficient (Wildman–Crippen LogP) is 4.48. The number of rotatable bonds is 6. The number of amides is 1. The van der Waals surface area contributed by atoms with E-state index in [2.05, 4.69) is 10.3 Å². The van der Waals surface area contributed by atoms with Gasteiger partial charge in [-0.25, -0.2) is 4.79 Å². The number of benzene rings is 2. The number of hydrogen-bond acceptors (Lipinski definition) is 4. The molecule has 0 saturated carbocycles. The molecule has 6 nitrogen and oxygen atoms in total. The van der Waals surface area contributed by atoms with Gasteiger partial charge >= 0.3 is 5.97 Å². The number of hydrogen-bond donors (Lipinski definition) is 2. The highest BCUT2D eigenvalue weighted by atomic mass is 35.5. The molecule has 0 saturated heterocycles. The zero-order valence-corrected chi connectivity index (χ0v) is 19.3. The van der Waals surface area contributed by atoms with Crippen LogP contribution in [0.2, 0.25) is 10.0 Å². The Kier molecular flexibility index (Phi) is 7.38. The van der Waals surface area contributed by atoms with Gasteiger partial charge in [0.15, 0.2) is 0 Å². The Balaban J connectivity index is 1.84. The molecular weight excluding hydrogens is 451 g/mol. The number of methoxy groups -OCH3 is 1. The monoisotopic (exact) mass is 472 g/mol. The van der Waals surface area contributed by atoms with E-state index in [-0.39, 0.29) is 12.0 Å². The molecule has 1 aromatic heterocycles. The van der Waals surface area contributed by atoms with Crippen molar-refractivity contribution in [3.8, 4) is 11.1 Å². The highest BCUT2D eigenvalue weighted by Crippen LogP contribution is 2.25. The summed E-state index contributed by atoms with van der Waals surface area (Å²) in [5.74, 6) is -1.03. The van der Waals surface area contributed by atoms with E-state index in [1.54, 1.807) is 56.3 Å². The van der Waals surface area contributed by atoms with Crippen LogP contribution in [0.5, 0.6) is 0 Å². The number of aromatic nitrogens is 1. The standard InChI is InChI=1S/C24H22Cl2N2O4/c1-13-5-4-6-17(25)20(13)23(30)28-19(24(31)32-3)11-15-7-9-16(10-8-15)21-14(2)18(26)12-27-22(21)29/h4-10,12,19H,11H2,1-3H3,(H,27,29)(H,28,30)/t19-/m0/s1. The van der Waals surface area contributed by atoms with Crippen LogP contribution in [0.4, 0.5) is 0 Å². The van der Waals surface area contributed by atoms with Gasteiger partial charge in [0.1, 0.15) is 6.04 Å². The molecule has 0 bridgehead atoms. The van der Waals surface area contributed by atoms with Gasteiger partial charge < -0.3 is 15.0 Å². The molecule has 166 valence electrons. The first-order chi connectivity index (χ1) is 15.2. The van der Waals surface area contributed by atoms with Gasteiger partial charge in [0.25, 0.3) is 11.5 Å². The number of H-pyrrole nitrogens is 1. The Hall–Kier alpha value is -3.09. The molecule has 2 aromatic carbocycles. The van der Waals surface area contributed by atoms with Crippen LogP contribution in [0, 0.1) is 13.8 Å².